The molecule has 3 heteroatoms. The first-order chi connectivity index (χ1) is 29.3. The average Bonchev–Trinajstić information content (AvgIpc) is 3.87. The van der Waals surface area contributed by atoms with Gasteiger partial charge in [0.1, 0.15) is 11.2 Å². The molecule has 0 spiro atoms. The number of para-hydroxylation sites is 3. The number of benzene rings is 10. The highest BCUT2D eigenvalue weighted by Crippen LogP contribution is 2.47. The van der Waals surface area contributed by atoms with E-state index in [9.17, 15) is 0 Å². The molecule has 3 nitrogen and oxygen atoms in total. The predicted molar refractivity (Wildman–Crippen MR) is 249 cm³/mol. The van der Waals surface area contributed by atoms with Crippen molar-refractivity contribution in [2.24, 2.45) is 0 Å². The SMILES string of the molecule is c1ccc(-c2ccc(N(c3ccc(-c4cccc5c4c4ccccc4n5-c4ccccc4)cc3)c3ccc4c(ccc5ccccc54)c3)c3c2oc2ccccc23)cc1. The Labute approximate surface area is 341 Å². The summed E-state index contributed by atoms with van der Waals surface area (Å²) in [5, 5.41) is 9.59. The highest BCUT2D eigenvalue weighted by Gasteiger charge is 2.23. The van der Waals surface area contributed by atoms with E-state index >= 15 is 0 Å². The molecule has 0 N–H and O–H groups in total. The molecule has 0 aliphatic carbocycles. The lowest BCUT2D eigenvalue weighted by atomic mass is 9.97. The van der Waals surface area contributed by atoms with E-state index in [-0.39, 0.29) is 0 Å². The minimum atomic E-state index is 0.871. The van der Waals surface area contributed by atoms with Crippen molar-refractivity contribution >= 4 is 82.4 Å². The lowest BCUT2D eigenvalue weighted by Crippen LogP contribution is -2.10. The van der Waals surface area contributed by atoms with E-state index in [0.717, 1.165) is 55.8 Å². The van der Waals surface area contributed by atoms with Crippen LogP contribution >= 0.6 is 0 Å². The van der Waals surface area contributed by atoms with E-state index in [0.29, 0.717) is 0 Å². The smallest absolute Gasteiger partial charge is 0.145 e. The Kier molecular flexibility index (Phi) is 7.54. The third-order valence-electron chi connectivity index (χ3n) is 12.0. The van der Waals surface area contributed by atoms with Crippen molar-refractivity contribution in [1.82, 2.24) is 4.57 Å². The molecule has 0 aliphatic heterocycles. The molecule has 10 aromatic carbocycles. The molecule has 2 aromatic heterocycles. The summed E-state index contributed by atoms with van der Waals surface area (Å²) in [5.41, 5.74) is 13.1. The Balaban J connectivity index is 1.08. The van der Waals surface area contributed by atoms with Crippen molar-refractivity contribution in [2.45, 2.75) is 0 Å². The summed E-state index contributed by atoms with van der Waals surface area (Å²) in [6, 6.07) is 78.6. The van der Waals surface area contributed by atoms with E-state index in [4.69, 9.17) is 4.42 Å². The normalized spacial score (nSPS) is 11.7. The summed E-state index contributed by atoms with van der Waals surface area (Å²) in [6.45, 7) is 0. The van der Waals surface area contributed by atoms with Gasteiger partial charge in [0.25, 0.3) is 0 Å². The van der Waals surface area contributed by atoms with Crippen LogP contribution < -0.4 is 4.90 Å². The van der Waals surface area contributed by atoms with Gasteiger partial charge < -0.3 is 13.9 Å². The second kappa shape index (κ2) is 13.4. The molecule has 59 heavy (non-hydrogen) atoms. The van der Waals surface area contributed by atoms with Gasteiger partial charge in [-0.05, 0) is 105 Å². The van der Waals surface area contributed by atoms with Crippen LogP contribution in [-0.4, -0.2) is 4.57 Å². The molecule has 0 aliphatic rings. The minimum Gasteiger partial charge on any atom is -0.455 e. The zero-order valence-electron chi connectivity index (χ0n) is 32.1. The summed E-state index contributed by atoms with van der Waals surface area (Å²) >= 11 is 0. The number of anilines is 3. The van der Waals surface area contributed by atoms with Crippen LogP contribution in [0.25, 0.3) is 93.2 Å². The summed E-state index contributed by atoms with van der Waals surface area (Å²) in [6.07, 6.45) is 0. The van der Waals surface area contributed by atoms with Crippen LogP contribution in [0.4, 0.5) is 17.1 Å². The standard InChI is InChI=1S/C56H36N2O/c1-3-14-37(15-4-1)47-34-35-52(55-49-21-10-12-25-53(49)59-56(47)55)57(43-32-33-45-40(36-43)27-26-38-16-7-8-19-44(38)45)42-30-28-39(29-31-42)46-22-13-24-51-54(46)48-20-9-11-23-50(48)58(51)41-17-5-2-6-18-41/h1-36H. The Morgan fingerprint density at radius 1 is 0.373 bits per heavy atom. The summed E-state index contributed by atoms with van der Waals surface area (Å²) in [7, 11) is 0. The summed E-state index contributed by atoms with van der Waals surface area (Å²) in [4.78, 5) is 2.40. The van der Waals surface area contributed by atoms with Gasteiger partial charge in [0, 0.05) is 38.8 Å². The highest BCUT2D eigenvalue weighted by atomic mass is 16.3. The molecule has 276 valence electrons. The highest BCUT2D eigenvalue weighted by molar-refractivity contribution is 6.18. The van der Waals surface area contributed by atoms with Crippen LogP contribution in [0.3, 0.4) is 0 Å². The predicted octanol–water partition coefficient (Wildman–Crippen LogP) is 15.8. The molecule has 12 rings (SSSR count). The van der Waals surface area contributed by atoms with Crippen molar-refractivity contribution in [1.29, 1.82) is 0 Å². The lowest BCUT2D eigenvalue weighted by molar-refractivity contribution is 0.670. The fourth-order valence-electron chi connectivity index (χ4n) is 9.31. The molecule has 0 radical (unpaired) electrons. The van der Waals surface area contributed by atoms with Gasteiger partial charge in [-0.1, -0.05) is 152 Å². The van der Waals surface area contributed by atoms with Crippen molar-refractivity contribution in [3.63, 3.8) is 0 Å². The van der Waals surface area contributed by atoms with Crippen molar-refractivity contribution in [2.75, 3.05) is 4.90 Å². The fourth-order valence-corrected chi connectivity index (χ4v) is 9.31. The summed E-state index contributed by atoms with van der Waals surface area (Å²) < 4.78 is 9.16. The van der Waals surface area contributed by atoms with Gasteiger partial charge in [-0.15, -0.1) is 0 Å². The first-order valence-electron chi connectivity index (χ1n) is 20.2. The number of furan rings is 1. The Hall–Kier alpha value is -7.88. The van der Waals surface area contributed by atoms with E-state index in [2.05, 4.69) is 228 Å². The van der Waals surface area contributed by atoms with E-state index in [1.807, 2.05) is 0 Å². The zero-order chi connectivity index (χ0) is 38.9. The quantitative estimate of drug-likeness (QED) is 0.158. The molecule has 0 saturated heterocycles. The maximum absolute atomic E-state index is 6.78. The molecule has 0 amide bonds. The first kappa shape index (κ1) is 33.3. The van der Waals surface area contributed by atoms with Gasteiger partial charge >= 0.3 is 0 Å². The molecule has 0 fully saturated rings. The second-order valence-corrected chi connectivity index (χ2v) is 15.3. The zero-order valence-corrected chi connectivity index (χ0v) is 32.1. The van der Waals surface area contributed by atoms with Crippen molar-refractivity contribution < 1.29 is 4.42 Å². The number of hydrogen-bond acceptors (Lipinski definition) is 2. The lowest BCUT2D eigenvalue weighted by Gasteiger charge is -2.27. The largest absolute Gasteiger partial charge is 0.455 e. The van der Waals surface area contributed by atoms with Crippen molar-refractivity contribution in [3.8, 4) is 27.9 Å². The average molecular weight is 753 g/mol. The van der Waals surface area contributed by atoms with Crippen LogP contribution in [0.5, 0.6) is 0 Å². The van der Waals surface area contributed by atoms with E-state index < -0.39 is 0 Å². The van der Waals surface area contributed by atoms with Gasteiger partial charge in [0.2, 0.25) is 0 Å². The van der Waals surface area contributed by atoms with Crippen LogP contribution in [0.1, 0.15) is 0 Å². The topological polar surface area (TPSA) is 21.3 Å². The van der Waals surface area contributed by atoms with Crippen LogP contribution in [0.2, 0.25) is 0 Å². The second-order valence-electron chi connectivity index (χ2n) is 15.3. The molecule has 0 unspecified atom stereocenters. The van der Waals surface area contributed by atoms with E-state index in [1.54, 1.807) is 0 Å². The third-order valence-corrected chi connectivity index (χ3v) is 12.0. The number of nitrogens with zero attached hydrogens (tertiary/aromatic N) is 2. The number of rotatable bonds is 6. The minimum absolute atomic E-state index is 0.871. The van der Waals surface area contributed by atoms with E-state index in [1.165, 1.54) is 54.5 Å². The van der Waals surface area contributed by atoms with Gasteiger partial charge in [0.05, 0.1) is 22.1 Å². The van der Waals surface area contributed by atoms with Gasteiger partial charge in [-0.25, -0.2) is 0 Å². The number of fused-ring (bicyclic) bond motifs is 9. The Morgan fingerprint density at radius 2 is 1.02 bits per heavy atom. The first-order valence-corrected chi connectivity index (χ1v) is 20.2. The molecule has 0 bridgehead atoms. The van der Waals surface area contributed by atoms with Gasteiger partial charge in [0.15, 0.2) is 0 Å². The van der Waals surface area contributed by atoms with Gasteiger partial charge in [-0.3, -0.25) is 0 Å². The molecule has 12 aromatic rings. The summed E-state index contributed by atoms with van der Waals surface area (Å²) in [5.74, 6) is 0. The Morgan fingerprint density at radius 3 is 1.86 bits per heavy atom. The molecular formula is C56H36N2O. The molecule has 0 saturated carbocycles. The van der Waals surface area contributed by atoms with Crippen molar-refractivity contribution in [3.05, 3.63) is 218 Å². The Bertz CT molecular complexity index is 3540. The molecule has 0 atom stereocenters. The van der Waals surface area contributed by atoms with Crippen LogP contribution in [0.15, 0.2) is 223 Å². The molecular weight excluding hydrogens is 717 g/mol. The maximum atomic E-state index is 6.78. The third kappa shape index (κ3) is 5.29. The molecule has 2 heterocycles. The monoisotopic (exact) mass is 752 g/mol. The van der Waals surface area contributed by atoms with Gasteiger partial charge in [-0.2, -0.15) is 0 Å². The fraction of sp³-hybridized carbons (Fsp3) is 0. The van der Waals surface area contributed by atoms with Crippen LogP contribution in [0, 0.1) is 0 Å². The maximum Gasteiger partial charge on any atom is 0.145 e. The van der Waals surface area contributed by atoms with Crippen LogP contribution in [-0.2, 0) is 0 Å². The number of aromatic nitrogens is 1. The number of hydrogen-bond donors (Lipinski definition) is 0.